The van der Waals surface area contributed by atoms with Crippen molar-refractivity contribution in [3.8, 4) is 16.6 Å². The molecule has 1 N–H and O–H groups in total. The van der Waals surface area contributed by atoms with Crippen molar-refractivity contribution in [1.82, 2.24) is 4.98 Å². The molecule has 2 aromatic heterocycles. The highest BCUT2D eigenvalue weighted by atomic mass is 32.1. The van der Waals surface area contributed by atoms with Crippen molar-refractivity contribution in [2.45, 2.75) is 25.7 Å². The van der Waals surface area contributed by atoms with E-state index >= 15 is 0 Å². The van der Waals surface area contributed by atoms with Crippen LogP contribution in [0.4, 0.5) is 0 Å². The Morgan fingerprint density at radius 3 is 2.72 bits per heavy atom. The van der Waals surface area contributed by atoms with Crippen molar-refractivity contribution in [3.05, 3.63) is 44.6 Å². The number of fused-ring (bicyclic) bond motifs is 1. The molecule has 18 heavy (non-hydrogen) atoms. The van der Waals surface area contributed by atoms with Gasteiger partial charge in [-0.15, -0.1) is 11.3 Å². The molecule has 0 spiro atoms. The lowest BCUT2D eigenvalue weighted by molar-refractivity contribution is 0.681. The number of H-pyrrole nitrogens is 1. The second kappa shape index (κ2) is 4.43. The zero-order chi connectivity index (χ0) is 12.5. The van der Waals surface area contributed by atoms with E-state index in [0.717, 1.165) is 41.8 Å². The lowest BCUT2D eigenvalue weighted by Gasteiger charge is -2.19. The van der Waals surface area contributed by atoms with Crippen LogP contribution < -0.4 is 5.56 Å². The second-order valence-electron chi connectivity index (χ2n) is 4.46. The fraction of sp³-hybridized carbons (Fsp3) is 0.286. The van der Waals surface area contributed by atoms with Crippen LogP contribution in [0.1, 0.15) is 29.5 Å². The van der Waals surface area contributed by atoms with Crippen molar-refractivity contribution in [3.63, 3.8) is 0 Å². The Labute approximate surface area is 109 Å². The molecule has 0 amide bonds. The van der Waals surface area contributed by atoms with Gasteiger partial charge < -0.3 is 4.98 Å². The summed E-state index contributed by atoms with van der Waals surface area (Å²) in [5, 5.41) is 11.1. The summed E-state index contributed by atoms with van der Waals surface area (Å²) in [4.78, 5) is 15.9. The maximum atomic E-state index is 12.0. The Morgan fingerprint density at radius 2 is 2.06 bits per heavy atom. The smallest absolute Gasteiger partial charge is 0.266 e. The van der Waals surface area contributed by atoms with E-state index < -0.39 is 0 Å². The van der Waals surface area contributed by atoms with E-state index in [1.165, 1.54) is 5.56 Å². The van der Waals surface area contributed by atoms with E-state index in [1.807, 2.05) is 17.5 Å². The highest BCUT2D eigenvalue weighted by molar-refractivity contribution is 7.13. The quantitative estimate of drug-likeness (QED) is 0.853. The first-order valence-electron chi connectivity index (χ1n) is 6.03. The van der Waals surface area contributed by atoms with Gasteiger partial charge in [-0.1, -0.05) is 6.07 Å². The van der Waals surface area contributed by atoms with E-state index in [0.29, 0.717) is 5.56 Å². The summed E-state index contributed by atoms with van der Waals surface area (Å²) in [6.07, 6.45) is 3.99. The van der Waals surface area contributed by atoms with Gasteiger partial charge in [-0.2, -0.15) is 5.26 Å². The molecule has 1 aliphatic rings. The Balaban J connectivity index is 2.32. The summed E-state index contributed by atoms with van der Waals surface area (Å²) in [6, 6.07) is 6.04. The van der Waals surface area contributed by atoms with Gasteiger partial charge in [0.25, 0.3) is 5.56 Å². The molecular formula is C14H12N2OS. The van der Waals surface area contributed by atoms with Crippen LogP contribution >= 0.6 is 11.3 Å². The Morgan fingerprint density at radius 1 is 1.28 bits per heavy atom. The van der Waals surface area contributed by atoms with Gasteiger partial charge in [0.05, 0.1) is 10.6 Å². The molecule has 90 valence electrons. The van der Waals surface area contributed by atoms with Crippen molar-refractivity contribution in [1.29, 1.82) is 5.26 Å². The Bertz CT molecular complexity index is 677. The number of thiophene rings is 1. The number of nitriles is 1. The third-order valence-corrected chi connectivity index (χ3v) is 4.30. The number of rotatable bonds is 1. The average Bonchev–Trinajstić information content (AvgIpc) is 2.91. The molecule has 0 saturated carbocycles. The number of pyridine rings is 1. The van der Waals surface area contributed by atoms with Crippen molar-refractivity contribution < 1.29 is 0 Å². The molecule has 0 aliphatic heterocycles. The third-order valence-electron chi connectivity index (χ3n) is 3.42. The molecule has 0 fully saturated rings. The first kappa shape index (κ1) is 11.2. The molecule has 0 aromatic carbocycles. The third kappa shape index (κ3) is 1.68. The molecule has 3 nitrogen and oxygen atoms in total. The highest BCUT2D eigenvalue weighted by Gasteiger charge is 2.21. The van der Waals surface area contributed by atoms with Crippen molar-refractivity contribution in [2.75, 3.05) is 0 Å². The zero-order valence-electron chi connectivity index (χ0n) is 9.82. The van der Waals surface area contributed by atoms with Gasteiger partial charge in [0.1, 0.15) is 11.6 Å². The SMILES string of the molecule is N#Cc1c2c(c(-c3cccs3)[nH]c1=O)CCCC2. The van der Waals surface area contributed by atoms with Gasteiger partial charge in [-0.25, -0.2) is 0 Å². The van der Waals surface area contributed by atoms with E-state index in [9.17, 15) is 4.79 Å². The van der Waals surface area contributed by atoms with Crippen LogP contribution in [0.15, 0.2) is 22.3 Å². The summed E-state index contributed by atoms with van der Waals surface area (Å²) < 4.78 is 0. The van der Waals surface area contributed by atoms with Crippen molar-refractivity contribution in [2.24, 2.45) is 0 Å². The van der Waals surface area contributed by atoms with Crippen LogP contribution in [-0.2, 0) is 12.8 Å². The van der Waals surface area contributed by atoms with Crippen LogP contribution in [0, 0.1) is 11.3 Å². The van der Waals surface area contributed by atoms with Crippen LogP contribution in [0.5, 0.6) is 0 Å². The fourth-order valence-electron chi connectivity index (χ4n) is 2.60. The number of nitrogens with zero attached hydrogens (tertiary/aromatic N) is 1. The highest BCUT2D eigenvalue weighted by Crippen LogP contribution is 2.32. The molecule has 4 heteroatoms. The maximum absolute atomic E-state index is 12.0. The molecule has 2 aromatic rings. The minimum Gasteiger partial charge on any atom is -0.320 e. The van der Waals surface area contributed by atoms with Gasteiger partial charge in [-0.05, 0) is 48.3 Å². The molecule has 0 radical (unpaired) electrons. The van der Waals surface area contributed by atoms with Gasteiger partial charge in [0, 0.05) is 0 Å². The van der Waals surface area contributed by atoms with E-state index in [4.69, 9.17) is 5.26 Å². The topological polar surface area (TPSA) is 56.6 Å². The predicted octanol–water partition coefficient (Wildman–Crippen LogP) is 2.85. The number of hydrogen-bond acceptors (Lipinski definition) is 3. The average molecular weight is 256 g/mol. The van der Waals surface area contributed by atoms with E-state index in [-0.39, 0.29) is 5.56 Å². The first-order valence-corrected chi connectivity index (χ1v) is 6.91. The fourth-order valence-corrected chi connectivity index (χ4v) is 3.35. The molecular weight excluding hydrogens is 244 g/mol. The Hall–Kier alpha value is -1.86. The zero-order valence-corrected chi connectivity index (χ0v) is 10.6. The van der Waals surface area contributed by atoms with Gasteiger partial charge in [-0.3, -0.25) is 4.79 Å². The summed E-state index contributed by atoms with van der Waals surface area (Å²) >= 11 is 1.62. The summed E-state index contributed by atoms with van der Waals surface area (Å²) in [6.45, 7) is 0. The minimum atomic E-state index is -0.249. The molecule has 1 aliphatic carbocycles. The Kier molecular flexibility index (Phi) is 2.77. The molecule has 0 saturated heterocycles. The predicted molar refractivity (Wildman–Crippen MR) is 71.7 cm³/mol. The van der Waals surface area contributed by atoms with Crippen LogP contribution in [-0.4, -0.2) is 4.98 Å². The molecule has 3 rings (SSSR count). The number of aromatic nitrogens is 1. The molecule has 0 unspecified atom stereocenters. The standard InChI is InChI=1S/C14H12N2OS/c15-8-11-9-4-1-2-5-10(9)13(16-14(11)17)12-6-3-7-18-12/h3,6-7H,1-2,4-5H2,(H,16,17). The van der Waals surface area contributed by atoms with Gasteiger partial charge >= 0.3 is 0 Å². The maximum Gasteiger partial charge on any atom is 0.266 e. The number of nitrogens with one attached hydrogen (secondary N) is 1. The number of aromatic amines is 1. The molecule has 0 atom stereocenters. The minimum absolute atomic E-state index is 0.249. The lowest BCUT2D eigenvalue weighted by atomic mass is 9.88. The normalized spacial score (nSPS) is 13.9. The summed E-state index contributed by atoms with van der Waals surface area (Å²) in [5.74, 6) is 0. The van der Waals surface area contributed by atoms with Crippen LogP contribution in [0.2, 0.25) is 0 Å². The first-order chi connectivity index (χ1) is 8.81. The largest absolute Gasteiger partial charge is 0.320 e. The monoisotopic (exact) mass is 256 g/mol. The lowest BCUT2D eigenvalue weighted by Crippen LogP contribution is -2.19. The van der Waals surface area contributed by atoms with Crippen molar-refractivity contribution >= 4 is 11.3 Å². The molecule has 0 bridgehead atoms. The number of hydrogen-bond donors (Lipinski definition) is 1. The van der Waals surface area contributed by atoms with Gasteiger partial charge in [0.2, 0.25) is 0 Å². The van der Waals surface area contributed by atoms with Crippen LogP contribution in [0.25, 0.3) is 10.6 Å². The molecule has 2 heterocycles. The summed E-state index contributed by atoms with van der Waals surface area (Å²) in [7, 11) is 0. The van der Waals surface area contributed by atoms with Gasteiger partial charge in [0.15, 0.2) is 0 Å². The second-order valence-corrected chi connectivity index (χ2v) is 5.41. The van der Waals surface area contributed by atoms with E-state index in [2.05, 4.69) is 11.1 Å². The van der Waals surface area contributed by atoms with E-state index in [1.54, 1.807) is 11.3 Å². The summed E-state index contributed by atoms with van der Waals surface area (Å²) in [5.41, 5.74) is 3.12. The van der Waals surface area contributed by atoms with Crippen LogP contribution in [0.3, 0.4) is 0 Å².